The van der Waals surface area contributed by atoms with Gasteiger partial charge in [-0.3, -0.25) is 9.59 Å². The van der Waals surface area contributed by atoms with Crippen molar-refractivity contribution in [3.63, 3.8) is 0 Å². The summed E-state index contributed by atoms with van der Waals surface area (Å²) in [6, 6.07) is 1.03. The van der Waals surface area contributed by atoms with Gasteiger partial charge in [0.15, 0.2) is 5.76 Å². The zero-order chi connectivity index (χ0) is 15.3. The van der Waals surface area contributed by atoms with Gasteiger partial charge in [-0.05, 0) is 12.8 Å². The van der Waals surface area contributed by atoms with Gasteiger partial charge in [0.25, 0.3) is 0 Å². The third-order valence-electron chi connectivity index (χ3n) is 2.99. The lowest BCUT2D eigenvalue weighted by Crippen LogP contribution is -2.17. The topological polar surface area (TPSA) is 97.0 Å². The molecule has 0 radical (unpaired) electrons. The molecule has 1 heterocycles. The quantitative estimate of drug-likeness (QED) is 0.769. The monoisotopic (exact) mass is 284 g/mol. The van der Waals surface area contributed by atoms with Crippen molar-refractivity contribution in [1.29, 1.82) is 0 Å². The molecule has 1 aromatic heterocycles. The maximum atomic E-state index is 11.6. The smallest absolute Gasteiger partial charge is 0.306 e. The van der Waals surface area contributed by atoms with Crippen molar-refractivity contribution in [3.8, 4) is 5.75 Å². The molecular formula is C14H20O6. The first-order chi connectivity index (χ1) is 9.40. The number of aliphatic hydroxyl groups excluding tert-OH is 1. The van der Waals surface area contributed by atoms with Crippen LogP contribution in [0.4, 0.5) is 0 Å². The normalized spacial score (nSPS) is 12.4. The van der Waals surface area contributed by atoms with Gasteiger partial charge in [-0.25, -0.2) is 0 Å². The van der Waals surface area contributed by atoms with E-state index in [1.54, 1.807) is 6.92 Å². The van der Waals surface area contributed by atoms with Crippen LogP contribution in [0.3, 0.4) is 0 Å². The Morgan fingerprint density at radius 2 is 2.10 bits per heavy atom. The molecule has 6 nitrogen and oxygen atoms in total. The summed E-state index contributed by atoms with van der Waals surface area (Å²) in [5, 5.41) is 18.9. The summed E-state index contributed by atoms with van der Waals surface area (Å²) < 4.78 is 10.2. The van der Waals surface area contributed by atoms with Crippen LogP contribution in [0.25, 0.3) is 0 Å². The van der Waals surface area contributed by atoms with Crippen molar-refractivity contribution < 1.29 is 24.2 Å². The number of carbonyl (C=O) groups excluding carboxylic acids is 1. The van der Waals surface area contributed by atoms with Gasteiger partial charge in [0.2, 0.25) is 11.2 Å². The Morgan fingerprint density at radius 1 is 1.45 bits per heavy atom. The fourth-order valence-corrected chi connectivity index (χ4v) is 1.91. The highest BCUT2D eigenvalue weighted by molar-refractivity contribution is 5.70. The molecule has 0 aliphatic carbocycles. The first kappa shape index (κ1) is 16.2. The van der Waals surface area contributed by atoms with E-state index in [1.165, 1.54) is 0 Å². The highest BCUT2D eigenvalue weighted by Gasteiger charge is 2.27. The molecule has 0 bridgehead atoms. The molecule has 20 heavy (non-hydrogen) atoms. The van der Waals surface area contributed by atoms with E-state index in [-0.39, 0.29) is 30.5 Å². The molecule has 0 aliphatic rings. The van der Waals surface area contributed by atoms with Crippen LogP contribution in [0.15, 0.2) is 15.3 Å². The van der Waals surface area contributed by atoms with E-state index >= 15 is 0 Å². The summed E-state index contributed by atoms with van der Waals surface area (Å²) in [5.41, 5.74) is -0.634. The lowest BCUT2D eigenvalue weighted by Gasteiger charge is -2.20. The first-order valence-corrected chi connectivity index (χ1v) is 6.53. The van der Waals surface area contributed by atoms with Gasteiger partial charge < -0.3 is 19.4 Å². The molecule has 0 fully saturated rings. The SMILES string of the molecule is CCOC(=O)C[C@@H](c1oc(CO)cc(=O)c1O)C(C)C. The number of hydrogen-bond donors (Lipinski definition) is 2. The van der Waals surface area contributed by atoms with Gasteiger partial charge in [-0.1, -0.05) is 13.8 Å². The Hall–Kier alpha value is -1.82. The Kier molecular flexibility index (Phi) is 5.76. The van der Waals surface area contributed by atoms with Crippen LogP contribution < -0.4 is 5.43 Å². The highest BCUT2D eigenvalue weighted by atomic mass is 16.5. The summed E-state index contributed by atoms with van der Waals surface area (Å²) in [6.45, 7) is 5.19. The number of carbonyl (C=O) groups is 1. The molecule has 0 amide bonds. The van der Waals surface area contributed by atoms with E-state index in [2.05, 4.69) is 0 Å². The highest BCUT2D eigenvalue weighted by Crippen LogP contribution is 2.33. The van der Waals surface area contributed by atoms with Crippen molar-refractivity contribution in [2.24, 2.45) is 5.92 Å². The van der Waals surface area contributed by atoms with Crippen molar-refractivity contribution in [2.45, 2.75) is 39.7 Å². The predicted molar refractivity (Wildman–Crippen MR) is 71.4 cm³/mol. The third kappa shape index (κ3) is 3.84. The van der Waals surface area contributed by atoms with E-state index in [0.717, 1.165) is 6.07 Å². The third-order valence-corrected chi connectivity index (χ3v) is 2.99. The van der Waals surface area contributed by atoms with Gasteiger partial charge in [0, 0.05) is 12.0 Å². The van der Waals surface area contributed by atoms with Gasteiger partial charge in [-0.15, -0.1) is 0 Å². The standard InChI is InChI=1S/C14H20O6/c1-4-19-12(17)6-10(8(2)3)14-13(18)11(16)5-9(7-15)20-14/h5,8,10,15,18H,4,6-7H2,1-3H3/t10-/m1/s1. The van der Waals surface area contributed by atoms with Crippen molar-refractivity contribution >= 4 is 5.97 Å². The largest absolute Gasteiger partial charge is 0.502 e. The van der Waals surface area contributed by atoms with Crippen LogP contribution >= 0.6 is 0 Å². The first-order valence-electron chi connectivity index (χ1n) is 6.53. The van der Waals surface area contributed by atoms with E-state index < -0.39 is 29.7 Å². The average Bonchev–Trinajstić information content (AvgIpc) is 2.39. The fraction of sp³-hybridized carbons (Fsp3) is 0.571. The molecule has 0 unspecified atom stereocenters. The van der Waals surface area contributed by atoms with Gasteiger partial charge in [0.1, 0.15) is 12.4 Å². The molecule has 1 atom stereocenters. The lowest BCUT2D eigenvalue weighted by atomic mass is 9.89. The predicted octanol–water partition coefficient (Wildman–Crippen LogP) is 1.53. The van der Waals surface area contributed by atoms with Crippen LogP contribution in [0, 0.1) is 5.92 Å². The number of rotatable bonds is 6. The second kappa shape index (κ2) is 7.09. The molecule has 0 saturated heterocycles. The van der Waals surface area contributed by atoms with Gasteiger partial charge in [-0.2, -0.15) is 0 Å². The van der Waals surface area contributed by atoms with Crippen LogP contribution in [-0.4, -0.2) is 22.8 Å². The minimum Gasteiger partial charge on any atom is -0.502 e. The number of aromatic hydroxyl groups is 1. The van der Waals surface area contributed by atoms with Crippen molar-refractivity contribution in [3.05, 3.63) is 27.8 Å². The number of esters is 1. The molecule has 2 N–H and O–H groups in total. The second-order valence-corrected chi connectivity index (χ2v) is 4.81. The van der Waals surface area contributed by atoms with E-state index in [1.807, 2.05) is 13.8 Å². The molecule has 0 aromatic carbocycles. The van der Waals surface area contributed by atoms with E-state index in [4.69, 9.17) is 14.3 Å². The molecular weight excluding hydrogens is 264 g/mol. The van der Waals surface area contributed by atoms with E-state index in [0.29, 0.717) is 0 Å². The van der Waals surface area contributed by atoms with E-state index in [9.17, 15) is 14.7 Å². The minimum atomic E-state index is -0.634. The van der Waals surface area contributed by atoms with Gasteiger partial charge in [0.05, 0.1) is 13.0 Å². The Bertz CT molecular complexity index is 517. The summed E-state index contributed by atoms with van der Waals surface area (Å²) >= 11 is 0. The number of hydrogen-bond acceptors (Lipinski definition) is 6. The van der Waals surface area contributed by atoms with Crippen LogP contribution in [-0.2, 0) is 16.1 Å². The zero-order valence-corrected chi connectivity index (χ0v) is 11.9. The zero-order valence-electron chi connectivity index (χ0n) is 11.9. The Morgan fingerprint density at radius 3 is 2.60 bits per heavy atom. The number of aliphatic hydroxyl groups is 1. The average molecular weight is 284 g/mol. The van der Waals surface area contributed by atoms with Gasteiger partial charge >= 0.3 is 5.97 Å². The lowest BCUT2D eigenvalue weighted by molar-refractivity contribution is -0.144. The molecule has 1 rings (SSSR count). The van der Waals surface area contributed by atoms with Crippen LogP contribution in [0.5, 0.6) is 5.75 Å². The maximum Gasteiger partial charge on any atom is 0.306 e. The van der Waals surface area contributed by atoms with Crippen molar-refractivity contribution in [1.82, 2.24) is 0 Å². The number of ether oxygens (including phenoxy) is 1. The molecule has 0 aliphatic heterocycles. The summed E-state index contributed by atoms with van der Waals surface area (Å²) in [6.07, 6.45) is -0.00309. The summed E-state index contributed by atoms with van der Waals surface area (Å²) in [4.78, 5) is 23.2. The van der Waals surface area contributed by atoms with Crippen LogP contribution in [0.1, 0.15) is 44.6 Å². The van der Waals surface area contributed by atoms with Crippen molar-refractivity contribution in [2.75, 3.05) is 6.61 Å². The maximum absolute atomic E-state index is 11.6. The molecule has 6 heteroatoms. The van der Waals surface area contributed by atoms with Crippen LogP contribution in [0.2, 0.25) is 0 Å². The molecule has 0 spiro atoms. The Balaban J connectivity index is 3.18. The Labute approximate surface area is 117 Å². The summed E-state index contributed by atoms with van der Waals surface area (Å²) in [5.74, 6) is -1.43. The molecule has 1 aromatic rings. The fourth-order valence-electron chi connectivity index (χ4n) is 1.91. The minimum absolute atomic E-state index is 0.00309. The summed E-state index contributed by atoms with van der Waals surface area (Å²) in [7, 11) is 0. The second-order valence-electron chi connectivity index (χ2n) is 4.81. The molecule has 112 valence electrons. The molecule has 0 saturated carbocycles.